The molecule has 0 spiro atoms. The highest BCUT2D eigenvalue weighted by Gasteiger charge is 2.31. The van der Waals surface area contributed by atoms with Crippen LogP contribution in [0, 0.1) is 17.0 Å². The van der Waals surface area contributed by atoms with Crippen molar-refractivity contribution in [3.8, 4) is 11.5 Å². The molecule has 23 heavy (non-hydrogen) atoms. The average molecular weight is 341 g/mol. The molecule has 0 bridgehead atoms. The van der Waals surface area contributed by atoms with Crippen LogP contribution in [-0.4, -0.2) is 31.7 Å². The Morgan fingerprint density at radius 1 is 1.26 bits per heavy atom. The first-order valence-electron chi connectivity index (χ1n) is 6.40. The molecule has 1 aromatic carbocycles. The van der Waals surface area contributed by atoms with Crippen molar-refractivity contribution in [2.75, 3.05) is 17.9 Å². The van der Waals surface area contributed by atoms with Gasteiger partial charge in [0.25, 0.3) is 15.7 Å². The largest absolute Gasteiger partial charge is 0.486 e. The molecule has 0 fully saturated rings. The lowest BCUT2D eigenvalue weighted by molar-refractivity contribution is -0.387. The van der Waals surface area contributed by atoms with Crippen molar-refractivity contribution in [1.82, 2.24) is 5.16 Å². The number of rotatable bonds is 4. The molecule has 122 valence electrons. The number of anilines is 1. The third-order valence-corrected chi connectivity index (χ3v) is 4.50. The molecule has 10 nitrogen and oxygen atoms in total. The highest BCUT2D eigenvalue weighted by atomic mass is 32.2. The molecular formula is C12H11N3O7S. The lowest BCUT2D eigenvalue weighted by Crippen LogP contribution is -2.19. The molecule has 0 unspecified atom stereocenters. The lowest BCUT2D eigenvalue weighted by atomic mass is 10.2. The molecule has 2 heterocycles. The highest BCUT2D eigenvalue weighted by Crippen LogP contribution is 2.39. The number of nitrogens with zero attached hydrogens (tertiary/aromatic N) is 2. The number of nitro groups is 1. The molecule has 0 saturated heterocycles. The van der Waals surface area contributed by atoms with Crippen LogP contribution < -0.4 is 14.2 Å². The van der Waals surface area contributed by atoms with Crippen LogP contribution in [0.2, 0.25) is 0 Å². The monoisotopic (exact) mass is 341 g/mol. The number of aromatic nitrogens is 1. The number of hydrogen-bond acceptors (Lipinski definition) is 8. The maximum absolute atomic E-state index is 12.5. The summed E-state index contributed by atoms with van der Waals surface area (Å²) in [5.41, 5.74) is -0.223. The standard InChI is InChI=1S/C12H11N3O7S/c1-7-8(6-22-13-7)14-23(18,19)12-5-11-10(20-2-3-21-11)4-9(12)15(16)17/h4-6,14H,2-3H2,1H3. The number of ether oxygens (including phenoxy) is 2. The summed E-state index contributed by atoms with van der Waals surface area (Å²) >= 11 is 0. The molecule has 3 rings (SSSR count). The van der Waals surface area contributed by atoms with E-state index in [9.17, 15) is 18.5 Å². The minimum atomic E-state index is -4.24. The van der Waals surface area contributed by atoms with Gasteiger partial charge in [-0.05, 0) is 6.92 Å². The molecule has 11 heteroatoms. The Morgan fingerprint density at radius 3 is 2.48 bits per heavy atom. The van der Waals surface area contributed by atoms with E-state index in [1.165, 1.54) is 6.92 Å². The quantitative estimate of drug-likeness (QED) is 0.652. The van der Waals surface area contributed by atoms with Gasteiger partial charge in [-0.3, -0.25) is 14.8 Å². The van der Waals surface area contributed by atoms with Crippen LogP contribution in [0.15, 0.2) is 27.8 Å². The van der Waals surface area contributed by atoms with Gasteiger partial charge in [0.1, 0.15) is 30.9 Å². The van der Waals surface area contributed by atoms with Crippen LogP contribution in [0.4, 0.5) is 11.4 Å². The Hall–Kier alpha value is -2.82. The second-order valence-electron chi connectivity index (χ2n) is 4.64. The fourth-order valence-corrected chi connectivity index (χ4v) is 3.27. The predicted octanol–water partition coefficient (Wildman–Crippen LogP) is 1.46. The topological polar surface area (TPSA) is 134 Å². The van der Waals surface area contributed by atoms with Gasteiger partial charge in [0.05, 0.1) is 11.0 Å². The summed E-state index contributed by atoms with van der Waals surface area (Å²) in [6.07, 6.45) is 1.09. The van der Waals surface area contributed by atoms with E-state index in [-0.39, 0.29) is 30.4 Å². The van der Waals surface area contributed by atoms with Crippen LogP contribution in [0.3, 0.4) is 0 Å². The van der Waals surface area contributed by atoms with Crippen LogP contribution in [-0.2, 0) is 10.0 Å². The first-order chi connectivity index (χ1) is 10.9. The van der Waals surface area contributed by atoms with E-state index in [0.29, 0.717) is 5.69 Å². The summed E-state index contributed by atoms with van der Waals surface area (Å²) < 4.78 is 42.3. The van der Waals surface area contributed by atoms with Crippen LogP contribution in [0.25, 0.3) is 0 Å². The van der Waals surface area contributed by atoms with Crippen molar-refractivity contribution < 1.29 is 27.3 Å². The predicted molar refractivity (Wildman–Crippen MR) is 76.1 cm³/mol. The summed E-state index contributed by atoms with van der Waals surface area (Å²) in [6.45, 7) is 1.98. The van der Waals surface area contributed by atoms with E-state index >= 15 is 0 Å². The van der Waals surface area contributed by atoms with Gasteiger partial charge in [-0.15, -0.1) is 0 Å². The molecule has 1 aromatic heterocycles. The lowest BCUT2D eigenvalue weighted by Gasteiger charge is -2.19. The Kier molecular flexibility index (Phi) is 3.56. The maximum Gasteiger partial charge on any atom is 0.293 e. The van der Waals surface area contributed by atoms with Gasteiger partial charge < -0.3 is 14.0 Å². The summed E-state index contributed by atoms with van der Waals surface area (Å²) in [6, 6.07) is 2.10. The molecule has 2 aromatic rings. The van der Waals surface area contributed by atoms with Crippen LogP contribution in [0.5, 0.6) is 11.5 Å². The SMILES string of the molecule is Cc1nocc1NS(=O)(=O)c1cc2c(cc1[N+](=O)[O-])OCCO2. The molecule has 0 radical (unpaired) electrons. The van der Waals surface area contributed by atoms with Gasteiger partial charge >= 0.3 is 0 Å². The number of sulfonamides is 1. The van der Waals surface area contributed by atoms with Gasteiger partial charge in [-0.25, -0.2) is 8.42 Å². The third-order valence-electron chi connectivity index (χ3n) is 3.10. The molecule has 0 saturated carbocycles. The molecule has 0 atom stereocenters. The molecular weight excluding hydrogens is 330 g/mol. The molecule has 0 aliphatic carbocycles. The summed E-state index contributed by atoms with van der Waals surface area (Å²) in [7, 11) is -4.24. The minimum Gasteiger partial charge on any atom is -0.486 e. The van der Waals surface area contributed by atoms with Gasteiger partial charge in [-0.1, -0.05) is 5.16 Å². The van der Waals surface area contributed by atoms with E-state index in [1.54, 1.807) is 0 Å². The van der Waals surface area contributed by atoms with E-state index in [4.69, 9.17) is 9.47 Å². The summed E-state index contributed by atoms with van der Waals surface area (Å²) in [5, 5.41) is 14.8. The van der Waals surface area contributed by atoms with Crippen molar-refractivity contribution in [3.63, 3.8) is 0 Å². The second kappa shape index (κ2) is 5.43. The smallest absolute Gasteiger partial charge is 0.293 e. The van der Waals surface area contributed by atoms with Crippen molar-refractivity contribution in [2.45, 2.75) is 11.8 Å². The number of fused-ring (bicyclic) bond motifs is 1. The average Bonchev–Trinajstić information content (AvgIpc) is 2.90. The van der Waals surface area contributed by atoms with E-state index in [0.717, 1.165) is 18.4 Å². The Bertz CT molecular complexity index is 875. The number of benzene rings is 1. The number of hydrogen-bond donors (Lipinski definition) is 1. The van der Waals surface area contributed by atoms with Gasteiger partial charge in [-0.2, -0.15) is 0 Å². The molecule has 1 N–H and O–H groups in total. The third kappa shape index (κ3) is 2.77. The van der Waals surface area contributed by atoms with Crippen molar-refractivity contribution in [1.29, 1.82) is 0 Å². The Labute approximate surface area is 130 Å². The van der Waals surface area contributed by atoms with Gasteiger partial charge in [0.15, 0.2) is 16.4 Å². The van der Waals surface area contributed by atoms with Gasteiger partial charge in [0.2, 0.25) is 0 Å². The fraction of sp³-hybridized carbons (Fsp3) is 0.250. The number of nitrogens with one attached hydrogen (secondary N) is 1. The Balaban J connectivity index is 2.10. The minimum absolute atomic E-state index is 0.0918. The summed E-state index contributed by atoms with van der Waals surface area (Å²) in [4.78, 5) is 9.88. The zero-order valence-electron chi connectivity index (χ0n) is 11.8. The van der Waals surface area contributed by atoms with Crippen LogP contribution in [0.1, 0.15) is 5.69 Å². The van der Waals surface area contributed by atoms with Crippen molar-refractivity contribution in [2.24, 2.45) is 0 Å². The summed E-state index contributed by atoms with van der Waals surface area (Å²) in [5.74, 6) is 0.257. The van der Waals surface area contributed by atoms with E-state index in [2.05, 4.69) is 14.4 Å². The zero-order chi connectivity index (χ0) is 16.6. The fourth-order valence-electron chi connectivity index (χ4n) is 2.01. The molecule has 1 aliphatic heterocycles. The maximum atomic E-state index is 12.5. The first kappa shape index (κ1) is 15.1. The Morgan fingerprint density at radius 2 is 1.91 bits per heavy atom. The van der Waals surface area contributed by atoms with Crippen molar-refractivity contribution in [3.05, 3.63) is 34.2 Å². The first-order valence-corrected chi connectivity index (χ1v) is 7.88. The highest BCUT2D eigenvalue weighted by molar-refractivity contribution is 7.92. The van der Waals surface area contributed by atoms with E-state index in [1.807, 2.05) is 0 Å². The normalized spacial score (nSPS) is 13.6. The van der Waals surface area contributed by atoms with E-state index < -0.39 is 25.5 Å². The number of nitro benzene ring substituents is 1. The van der Waals surface area contributed by atoms with Crippen LogP contribution >= 0.6 is 0 Å². The zero-order valence-corrected chi connectivity index (χ0v) is 12.6. The van der Waals surface area contributed by atoms with Gasteiger partial charge in [0, 0.05) is 6.07 Å². The van der Waals surface area contributed by atoms with Crippen molar-refractivity contribution >= 4 is 21.4 Å². The number of aryl methyl sites for hydroxylation is 1. The second-order valence-corrected chi connectivity index (χ2v) is 6.29. The molecule has 0 amide bonds. The molecule has 1 aliphatic rings.